The minimum absolute atomic E-state index is 0.126. The van der Waals surface area contributed by atoms with E-state index in [1.54, 1.807) is 6.07 Å². The van der Waals surface area contributed by atoms with Gasteiger partial charge in [0.15, 0.2) is 5.78 Å². The largest absolute Gasteiger partial charge is 0.472 e. The van der Waals surface area contributed by atoms with Crippen molar-refractivity contribution in [3.05, 3.63) is 35.8 Å². The smallest absolute Gasteiger partial charge is 0.191 e. The topological polar surface area (TPSA) is 30.2 Å². The van der Waals surface area contributed by atoms with E-state index in [1.807, 2.05) is 6.08 Å². The molecule has 2 rings (SSSR count). The van der Waals surface area contributed by atoms with Gasteiger partial charge in [0, 0.05) is 0 Å². The molecular weight excluding hydrogens is 152 g/mol. The SMILES string of the molecule is O=C(C1=CCCC1)c1ccoc1. The highest BCUT2D eigenvalue weighted by molar-refractivity contribution is 6.08. The van der Waals surface area contributed by atoms with Crippen LogP contribution in [0.25, 0.3) is 0 Å². The van der Waals surface area contributed by atoms with E-state index in [9.17, 15) is 4.79 Å². The van der Waals surface area contributed by atoms with Crippen LogP contribution in [0.15, 0.2) is 34.7 Å². The van der Waals surface area contributed by atoms with Crippen molar-refractivity contribution in [2.45, 2.75) is 19.3 Å². The van der Waals surface area contributed by atoms with E-state index in [-0.39, 0.29) is 5.78 Å². The third kappa shape index (κ3) is 1.20. The summed E-state index contributed by atoms with van der Waals surface area (Å²) in [6.07, 6.45) is 8.13. The second-order valence-electron chi connectivity index (χ2n) is 2.96. The predicted octanol–water partition coefficient (Wildman–Crippen LogP) is 2.57. The minimum atomic E-state index is 0.126. The standard InChI is InChI=1S/C10H10O2/c11-10(8-3-1-2-4-8)9-5-6-12-7-9/h3,5-7H,1-2,4H2. The van der Waals surface area contributed by atoms with E-state index in [0.717, 1.165) is 24.8 Å². The first-order chi connectivity index (χ1) is 5.88. The summed E-state index contributed by atoms with van der Waals surface area (Å²) >= 11 is 0. The first kappa shape index (κ1) is 7.35. The summed E-state index contributed by atoms with van der Waals surface area (Å²) in [5.74, 6) is 0.126. The molecule has 2 heteroatoms. The van der Waals surface area contributed by atoms with E-state index in [4.69, 9.17) is 4.42 Å². The normalized spacial score (nSPS) is 16.2. The van der Waals surface area contributed by atoms with Gasteiger partial charge in [0.2, 0.25) is 0 Å². The van der Waals surface area contributed by atoms with Gasteiger partial charge in [0.25, 0.3) is 0 Å². The van der Waals surface area contributed by atoms with E-state index < -0.39 is 0 Å². The Morgan fingerprint density at radius 3 is 3.00 bits per heavy atom. The van der Waals surface area contributed by atoms with Crippen LogP contribution in [-0.4, -0.2) is 5.78 Å². The Kier molecular flexibility index (Phi) is 1.82. The average molecular weight is 162 g/mol. The third-order valence-electron chi connectivity index (χ3n) is 2.12. The number of furan rings is 1. The van der Waals surface area contributed by atoms with Crippen molar-refractivity contribution in [1.82, 2.24) is 0 Å². The molecule has 0 saturated heterocycles. The van der Waals surface area contributed by atoms with Crippen LogP contribution in [0.1, 0.15) is 29.6 Å². The lowest BCUT2D eigenvalue weighted by Crippen LogP contribution is -1.98. The second kappa shape index (κ2) is 2.97. The molecule has 1 aliphatic rings. The van der Waals surface area contributed by atoms with Gasteiger partial charge in [-0.05, 0) is 30.9 Å². The number of hydrogen-bond acceptors (Lipinski definition) is 2. The van der Waals surface area contributed by atoms with E-state index in [1.165, 1.54) is 12.5 Å². The molecule has 0 saturated carbocycles. The molecule has 0 spiro atoms. The maximum Gasteiger partial charge on any atom is 0.191 e. The van der Waals surface area contributed by atoms with Gasteiger partial charge in [0.1, 0.15) is 6.26 Å². The van der Waals surface area contributed by atoms with E-state index in [2.05, 4.69) is 0 Å². The summed E-state index contributed by atoms with van der Waals surface area (Å²) in [6, 6.07) is 1.71. The van der Waals surface area contributed by atoms with Gasteiger partial charge in [-0.3, -0.25) is 4.79 Å². The number of carbonyl (C=O) groups is 1. The molecule has 12 heavy (non-hydrogen) atoms. The van der Waals surface area contributed by atoms with Crippen LogP contribution in [-0.2, 0) is 0 Å². The van der Waals surface area contributed by atoms with Crippen LogP contribution >= 0.6 is 0 Å². The molecule has 0 aromatic carbocycles. The fourth-order valence-electron chi connectivity index (χ4n) is 1.46. The molecule has 0 atom stereocenters. The predicted molar refractivity (Wildman–Crippen MR) is 45.0 cm³/mol. The van der Waals surface area contributed by atoms with Gasteiger partial charge in [0.05, 0.1) is 11.8 Å². The van der Waals surface area contributed by atoms with Crippen molar-refractivity contribution in [2.75, 3.05) is 0 Å². The molecule has 0 fully saturated rings. The zero-order valence-electron chi connectivity index (χ0n) is 6.75. The molecule has 1 heterocycles. The van der Waals surface area contributed by atoms with Gasteiger partial charge in [-0.15, -0.1) is 0 Å². The van der Waals surface area contributed by atoms with Gasteiger partial charge in [-0.1, -0.05) is 6.08 Å². The van der Waals surface area contributed by atoms with Gasteiger partial charge >= 0.3 is 0 Å². The maximum absolute atomic E-state index is 11.6. The molecule has 0 bridgehead atoms. The Morgan fingerprint density at radius 2 is 2.42 bits per heavy atom. The molecule has 1 aromatic heterocycles. The summed E-state index contributed by atoms with van der Waals surface area (Å²) in [5.41, 5.74) is 1.61. The number of allylic oxidation sites excluding steroid dienone is 2. The Bertz CT molecular complexity index is 307. The Morgan fingerprint density at radius 1 is 1.50 bits per heavy atom. The maximum atomic E-state index is 11.6. The number of hydrogen-bond donors (Lipinski definition) is 0. The lowest BCUT2D eigenvalue weighted by molar-refractivity contribution is 0.103. The highest BCUT2D eigenvalue weighted by Gasteiger charge is 2.15. The van der Waals surface area contributed by atoms with Crippen LogP contribution in [0.3, 0.4) is 0 Å². The molecular formula is C10H10O2. The number of Topliss-reactive ketones (excluding diaryl/α,β-unsaturated/α-hetero) is 1. The molecule has 62 valence electrons. The van der Waals surface area contributed by atoms with Gasteiger partial charge in [-0.25, -0.2) is 0 Å². The van der Waals surface area contributed by atoms with Crippen molar-refractivity contribution < 1.29 is 9.21 Å². The van der Waals surface area contributed by atoms with Crippen LogP contribution in [0.2, 0.25) is 0 Å². The summed E-state index contributed by atoms with van der Waals surface area (Å²) < 4.78 is 4.85. The Hall–Kier alpha value is -1.31. The quantitative estimate of drug-likeness (QED) is 0.625. The van der Waals surface area contributed by atoms with Crippen LogP contribution < -0.4 is 0 Å². The zero-order valence-corrected chi connectivity index (χ0v) is 6.75. The lowest BCUT2D eigenvalue weighted by atomic mass is 10.1. The molecule has 1 aromatic rings. The first-order valence-corrected chi connectivity index (χ1v) is 4.14. The number of rotatable bonds is 2. The highest BCUT2D eigenvalue weighted by atomic mass is 16.3. The summed E-state index contributed by atoms with van der Waals surface area (Å²) in [6.45, 7) is 0. The highest BCUT2D eigenvalue weighted by Crippen LogP contribution is 2.21. The molecule has 0 unspecified atom stereocenters. The van der Waals surface area contributed by atoms with Crippen molar-refractivity contribution in [3.63, 3.8) is 0 Å². The van der Waals surface area contributed by atoms with E-state index >= 15 is 0 Å². The van der Waals surface area contributed by atoms with Crippen molar-refractivity contribution >= 4 is 5.78 Å². The van der Waals surface area contributed by atoms with Crippen LogP contribution in [0, 0.1) is 0 Å². The molecule has 1 aliphatic carbocycles. The number of ketones is 1. The molecule has 0 amide bonds. The molecule has 0 N–H and O–H groups in total. The zero-order chi connectivity index (χ0) is 8.39. The van der Waals surface area contributed by atoms with Crippen molar-refractivity contribution in [1.29, 1.82) is 0 Å². The molecule has 2 nitrogen and oxygen atoms in total. The van der Waals surface area contributed by atoms with Crippen LogP contribution in [0.5, 0.6) is 0 Å². The molecule has 0 aliphatic heterocycles. The molecule has 0 radical (unpaired) electrons. The van der Waals surface area contributed by atoms with Crippen LogP contribution in [0.4, 0.5) is 0 Å². The van der Waals surface area contributed by atoms with Gasteiger partial charge in [-0.2, -0.15) is 0 Å². The Labute approximate surface area is 70.9 Å². The minimum Gasteiger partial charge on any atom is -0.472 e. The summed E-state index contributed by atoms with van der Waals surface area (Å²) in [7, 11) is 0. The second-order valence-corrected chi connectivity index (χ2v) is 2.96. The summed E-state index contributed by atoms with van der Waals surface area (Å²) in [4.78, 5) is 11.6. The van der Waals surface area contributed by atoms with E-state index in [0.29, 0.717) is 5.56 Å². The fraction of sp³-hybridized carbons (Fsp3) is 0.300. The van der Waals surface area contributed by atoms with Crippen molar-refractivity contribution in [2.24, 2.45) is 0 Å². The third-order valence-corrected chi connectivity index (χ3v) is 2.12. The fourth-order valence-corrected chi connectivity index (χ4v) is 1.46. The first-order valence-electron chi connectivity index (χ1n) is 4.14. The van der Waals surface area contributed by atoms with Gasteiger partial charge < -0.3 is 4.42 Å². The number of carbonyl (C=O) groups excluding carboxylic acids is 1. The lowest BCUT2D eigenvalue weighted by Gasteiger charge is -1.95. The Balaban J connectivity index is 2.20. The van der Waals surface area contributed by atoms with Crippen molar-refractivity contribution in [3.8, 4) is 0 Å². The average Bonchev–Trinajstić information content (AvgIpc) is 2.77. The monoisotopic (exact) mass is 162 g/mol. The summed E-state index contributed by atoms with van der Waals surface area (Å²) in [5, 5.41) is 0.